The summed E-state index contributed by atoms with van der Waals surface area (Å²) in [4.78, 5) is 0. The standard InChI is InChI=1S/C13H20N2O/c1-4-7-15-10(2)8-11-5-6-13(16-3)12(14)9-11/h4-6,9-10,15H,1,7-8,14H2,2-3H3. The number of nitrogens with two attached hydrogens (primary N) is 1. The fourth-order valence-corrected chi connectivity index (χ4v) is 1.62. The summed E-state index contributed by atoms with van der Waals surface area (Å²) in [6.07, 6.45) is 2.81. The fourth-order valence-electron chi connectivity index (χ4n) is 1.62. The second kappa shape index (κ2) is 6.18. The summed E-state index contributed by atoms with van der Waals surface area (Å²) in [6.45, 7) is 6.65. The van der Waals surface area contributed by atoms with Crippen LogP contribution in [0.25, 0.3) is 0 Å². The Hall–Kier alpha value is -1.48. The lowest BCUT2D eigenvalue weighted by molar-refractivity contribution is 0.416. The molecular weight excluding hydrogens is 200 g/mol. The van der Waals surface area contributed by atoms with Gasteiger partial charge in [0.15, 0.2) is 0 Å². The van der Waals surface area contributed by atoms with Crippen LogP contribution in [0.15, 0.2) is 30.9 Å². The number of rotatable bonds is 6. The maximum atomic E-state index is 5.85. The van der Waals surface area contributed by atoms with Gasteiger partial charge in [-0.05, 0) is 31.0 Å². The summed E-state index contributed by atoms with van der Waals surface area (Å²) in [5, 5.41) is 3.34. The van der Waals surface area contributed by atoms with Gasteiger partial charge in [0.25, 0.3) is 0 Å². The molecule has 1 aromatic rings. The summed E-state index contributed by atoms with van der Waals surface area (Å²) in [6, 6.07) is 6.32. The zero-order valence-electron chi connectivity index (χ0n) is 9.99. The molecule has 0 aliphatic heterocycles. The monoisotopic (exact) mass is 220 g/mol. The number of anilines is 1. The van der Waals surface area contributed by atoms with Crippen LogP contribution in [0.2, 0.25) is 0 Å². The highest BCUT2D eigenvalue weighted by Crippen LogP contribution is 2.22. The Labute approximate surface area is 97.3 Å². The highest BCUT2D eigenvalue weighted by Gasteiger charge is 2.04. The molecule has 1 rings (SSSR count). The topological polar surface area (TPSA) is 47.3 Å². The van der Waals surface area contributed by atoms with Gasteiger partial charge in [0, 0.05) is 12.6 Å². The van der Waals surface area contributed by atoms with Crippen LogP contribution in [0, 0.1) is 0 Å². The first-order valence-corrected chi connectivity index (χ1v) is 5.44. The quantitative estimate of drug-likeness (QED) is 0.569. The van der Waals surface area contributed by atoms with Crippen LogP contribution >= 0.6 is 0 Å². The third-order valence-electron chi connectivity index (χ3n) is 2.45. The number of benzene rings is 1. The van der Waals surface area contributed by atoms with Gasteiger partial charge in [-0.25, -0.2) is 0 Å². The largest absolute Gasteiger partial charge is 0.495 e. The van der Waals surface area contributed by atoms with E-state index in [0.29, 0.717) is 11.7 Å². The van der Waals surface area contributed by atoms with Gasteiger partial charge in [-0.15, -0.1) is 6.58 Å². The van der Waals surface area contributed by atoms with E-state index < -0.39 is 0 Å². The molecule has 0 bridgehead atoms. The molecule has 88 valence electrons. The Morgan fingerprint density at radius 2 is 2.31 bits per heavy atom. The first-order valence-electron chi connectivity index (χ1n) is 5.44. The molecular formula is C13H20N2O. The van der Waals surface area contributed by atoms with E-state index >= 15 is 0 Å². The van der Waals surface area contributed by atoms with Crippen LogP contribution in [-0.4, -0.2) is 19.7 Å². The molecule has 0 amide bonds. The molecule has 0 aromatic heterocycles. The second-order valence-corrected chi connectivity index (χ2v) is 3.88. The predicted molar refractivity (Wildman–Crippen MR) is 68.8 cm³/mol. The normalized spacial score (nSPS) is 12.1. The molecule has 0 saturated heterocycles. The van der Waals surface area contributed by atoms with Crippen LogP contribution in [0.5, 0.6) is 5.75 Å². The highest BCUT2D eigenvalue weighted by molar-refractivity contribution is 5.54. The Morgan fingerprint density at radius 3 is 2.88 bits per heavy atom. The lowest BCUT2D eigenvalue weighted by Gasteiger charge is -2.13. The van der Waals surface area contributed by atoms with Crippen LogP contribution in [-0.2, 0) is 6.42 Å². The van der Waals surface area contributed by atoms with Gasteiger partial charge < -0.3 is 15.8 Å². The zero-order chi connectivity index (χ0) is 12.0. The minimum absolute atomic E-state index is 0.408. The van der Waals surface area contributed by atoms with Crippen LogP contribution in [0.1, 0.15) is 12.5 Å². The molecule has 1 unspecified atom stereocenters. The predicted octanol–water partition coefficient (Wildman–Crippen LogP) is 1.98. The average Bonchev–Trinajstić information content (AvgIpc) is 2.26. The van der Waals surface area contributed by atoms with Gasteiger partial charge in [0.2, 0.25) is 0 Å². The molecule has 3 N–H and O–H groups in total. The molecule has 0 aliphatic carbocycles. The summed E-state index contributed by atoms with van der Waals surface area (Å²) < 4.78 is 5.12. The van der Waals surface area contributed by atoms with Gasteiger partial charge in [-0.3, -0.25) is 0 Å². The summed E-state index contributed by atoms with van der Waals surface area (Å²) in [5.74, 6) is 0.732. The van der Waals surface area contributed by atoms with E-state index in [2.05, 4.69) is 18.8 Å². The number of nitrogens with one attached hydrogen (secondary N) is 1. The average molecular weight is 220 g/mol. The first-order chi connectivity index (χ1) is 7.67. The lowest BCUT2D eigenvalue weighted by atomic mass is 10.1. The number of hydrogen-bond donors (Lipinski definition) is 2. The van der Waals surface area contributed by atoms with Crippen molar-refractivity contribution in [1.29, 1.82) is 0 Å². The molecule has 1 aromatic carbocycles. The van der Waals surface area contributed by atoms with E-state index in [1.165, 1.54) is 5.56 Å². The highest BCUT2D eigenvalue weighted by atomic mass is 16.5. The molecule has 3 heteroatoms. The second-order valence-electron chi connectivity index (χ2n) is 3.88. The van der Waals surface area contributed by atoms with Crippen LogP contribution < -0.4 is 15.8 Å². The van der Waals surface area contributed by atoms with Gasteiger partial charge in [0.05, 0.1) is 12.8 Å². The van der Waals surface area contributed by atoms with Crippen LogP contribution in [0.4, 0.5) is 5.69 Å². The number of nitrogen functional groups attached to an aromatic ring is 1. The Bertz CT molecular complexity index is 350. The van der Waals surface area contributed by atoms with E-state index in [0.717, 1.165) is 18.7 Å². The first kappa shape index (κ1) is 12.6. The third-order valence-corrected chi connectivity index (χ3v) is 2.45. The van der Waals surface area contributed by atoms with Crippen molar-refractivity contribution in [2.24, 2.45) is 0 Å². The smallest absolute Gasteiger partial charge is 0.141 e. The summed E-state index contributed by atoms with van der Waals surface area (Å²) in [5.41, 5.74) is 7.75. The van der Waals surface area contributed by atoms with E-state index in [1.54, 1.807) is 7.11 Å². The molecule has 0 heterocycles. The maximum absolute atomic E-state index is 5.85. The molecule has 16 heavy (non-hydrogen) atoms. The molecule has 0 radical (unpaired) electrons. The van der Waals surface area contributed by atoms with E-state index in [9.17, 15) is 0 Å². The fraction of sp³-hybridized carbons (Fsp3) is 0.385. The van der Waals surface area contributed by atoms with Gasteiger partial charge in [0.1, 0.15) is 5.75 Å². The van der Waals surface area contributed by atoms with Crippen molar-refractivity contribution in [3.63, 3.8) is 0 Å². The van der Waals surface area contributed by atoms with Crippen molar-refractivity contribution in [3.05, 3.63) is 36.4 Å². The summed E-state index contributed by atoms with van der Waals surface area (Å²) >= 11 is 0. The molecule has 0 fully saturated rings. The summed E-state index contributed by atoms with van der Waals surface area (Å²) in [7, 11) is 1.62. The molecule has 0 spiro atoms. The maximum Gasteiger partial charge on any atom is 0.141 e. The van der Waals surface area contributed by atoms with Gasteiger partial charge >= 0.3 is 0 Å². The number of hydrogen-bond acceptors (Lipinski definition) is 3. The molecule has 0 saturated carbocycles. The number of ether oxygens (including phenoxy) is 1. The van der Waals surface area contributed by atoms with Gasteiger partial charge in [-0.2, -0.15) is 0 Å². The van der Waals surface area contributed by atoms with Crippen molar-refractivity contribution in [2.75, 3.05) is 19.4 Å². The minimum atomic E-state index is 0.408. The van der Waals surface area contributed by atoms with Gasteiger partial charge in [-0.1, -0.05) is 12.1 Å². The number of methoxy groups -OCH3 is 1. The van der Waals surface area contributed by atoms with Crippen molar-refractivity contribution in [1.82, 2.24) is 5.32 Å². The lowest BCUT2D eigenvalue weighted by Crippen LogP contribution is -2.28. The molecule has 3 nitrogen and oxygen atoms in total. The minimum Gasteiger partial charge on any atom is -0.495 e. The van der Waals surface area contributed by atoms with E-state index in [-0.39, 0.29) is 0 Å². The zero-order valence-corrected chi connectivity index (χ0v) is 9.99. The molecule has 1 atom stereocenters. The van der Waals surface area contributed by atoms with E-state index in [4.69, 9.17) is 10.5 Å². The van der Waals surface area contributed by atoms with Crippen molar-refractivity contribution < 1.29 is 4.74 Å². The van der Waals surface area contributed by atoms with E-state index in [1.807, 2.05) is 24.3 Å². The Balaban J connectivity index is 2.60. The van der Waals surface area contributed by atoms with Crippen molar-refractivity contribution >= 4 is 5.69 Å². The van der Waals surface area contributed by atoms with Crippen molar-refractivity contribution in [3.8, 4) is 5.75 Å². The molecule has 0 aliphatic rings. The SMILES string of the molecule is C=CCNC(C)Cc1ccc(OC)c(N)c1. The Morgan fingerprint density at radius 1 is 1.56 bits per heavy atom. The van der Waals surface area contributed by atoms with Crippen molar-refractivity contribution in [2.45, 2.75) is 19.4 Å². The van der Waals surface area contributed by atoms with Crippen LogP contribution in [0.3, 0.4) is 0 Å². The Kier molecular flexibility index (Phi) is 4.86. The third kappa shape index (κ3) is 3.59.